The zero-order valence-corrected chi connectivity index (χ0v) is 30.7. The molecule has 0 saturated carbocycles. The first-order valence-electron chi connectivity index (χ1n) is 19.2. The molecule has 286 valence electrons. The molecule has 49 heavy (non-hydrogen) atoms. The van der Waals surface area contributed by atoms with Gasteiger partial charge < -0.3 is 34.5 Å². The summed E-state index contributed by atoms with van der Waals surface area (Å²) < 4.78 is 16.7. The fourth-order valence-corrected chi connectivity index (χ4v) is 5.40. The molecular formula is C38H69NO10. The van der Waals surface area contributed by atoms with Gasteiger partial charge in [0.25, 0.3) is 0 Å². The maximum absolute atomic E-state index is 12.0. The Bertz CT molecular complexity index is 850. The quantitative estimate of drug-likeness (QED) is 0.0548. The second kappa shape index (κ2) is 35.5. The summed E-state index contributed by atoms with van der Waals surface area (Å²) in [5.74, 6) is -2.76. The molecule has 0 aromatic heterocycles. The average Bonchev–Trinajstić information content (AvgIpc) is 3.05. The predicted molar refractivity (Wildman–Crippen MR) is 191 cm³/mol. The Hall–Kier alpha value is -2.37. The number of ketones is 2. The molecule has 0 heterocycles. The first kappa shape index (κ1) is 46.6. The van der Waals surface area contributed by atoms with Crippen molar-refractivity contribution in [3.05, 3.63) is 0 Å². The molecule has 0 aliphatic carbocycles. The summed E-state index contributed by atoms with van der Waals surface area (Å²) >= 11 is 0. The standard InChI is InChI=1S/C38H69NO10/c1-33(40)23-24-34(38(45)46)31-35(41)32-49-29-17-13-12-16-26-47-27-18-19-28-48-30-20-25-39-36(42)21-14-10-8-6-4-2-3-5-7-9-11-15-22-37(43)44/h34H,2-32H2,1H3,(H,39,42)(H,43,44)(H,45,46)/t34-/m1/s1. The third kappa shape index (κ3) is 36.7. The molecule has 0 aromatic rings. The van der Waals surface area contributed by atoms with Gasteiger partial charge in [-0.1, -0.05) is 77.0 Å². The molecule has 1 atom stereocenters. The molecule has 0 rings (SSSR count). The molecule has 11 nitrogen and oxygen atoms in total. The number of carbonyl (C=O) groups is 5. The third-order valence-electron chi connectivity index (χ3n) is 8.42. The molecule has 0 spiro atoms. The van der Waals surface area contributed by atoms with Gasteiger partial charge in [0.1, 0.15) is 12.4 Å². The minimum Gasteiger partial charge on any atom is -0.481 e. The lowest BCUT2D eigenvalue weighted by molar-refractivity contribution is -0.144. The van der Waals surface area contributed by atoms with E-state index in [1.165, 1.54) is 51.9 Å². The average molecular weight is 700 g/mol. The lowest BCUT2D eigenvalue weighted by Gasteiger charge is -2.10. The van der Waals surface area contributed by atoms with Crippen molar-refractivity contribution < 1.29 is 48.4 Å². The third-order valence-corrected chi connectivity index (χ3v) is 8.42. The molecule has 0 aliphatic heterocycles. The Morgan fingerprint density at radius 1 is 0.531 bits per heavy atom. The minimum atomic E-state index is -1.05. The molecule has 0 unspecified atom stereocenters. The Morgan fingerprint density at radius 3 is 1.45 bits per heavy atom. The van der Waals surface area contributed by atoms with E-state index in [2.05, 4.69) is 5.32 Å². The second-order valence-corrected chi connectivity index (χ2v) is 13.3. The Labute approximate surface area is 296 Å². The van der Waals surface area contributed by atoms with Gasteiger partial charge in [-0.2, -0.15) is 0 Å². The summed E-state index contributed by atoms with van der Waals surface area (Å²) in [6.45, 7) is 5.23. The fraction of sp³-hybridized carbons (Fsp3) is 0.868. The normalized spacial score (nSPS) is 11.8. The monoisotopic (exact) mass is 699 g/mol. The molecule has 0 fully saturated rings. The number of Topliss-reactive ketones (excluding diaryl/α,β-unsaturated/α-hetero) is 2. The van der Waals surface area contributed by atoms with Crippen LogP contribution in [0.5, 0.6) is 0 Å². The summed E-state index contributed by atoms with van der Waals surface area (Å²) in [6, 6.07) is 0. The number of aliphatic carboxylic acids is 2. The molecule has 0 saturated heterocycles. The number of hydrogen-bond acceptors (Lipinski definition) is 8. The number of amides is 1. The van der Waals surface area contributed by atoms with Crippen molar-refractivity contribution >= 4 is 29.4 Å². The molecule has 11 heteroatoms. The van der Waals surface area contributed by atoms with E-state index < -0.39 is 17.9 Å². The van der Waals surface area contributed by atoms with Gasteiger partial charge in [0.05, 0.1) is 5.92 Å². The largest absolute Gasteiger partial charge is 0.481 e. The van der Waals surface area contributed by atoms with Crippen LogP contribution in [-0.4, -0.2) is 85.8 Å². The smallest absolute Gasteiger partial charge is 0.306 e. The van der Waals surface area contributed by atoms with E-state index >= 15 is 0 Å². The lowest BCUT2D eigenvalue weighted by atomic mass is 9.96. The number of carboxylic acids is 2. The summed E-state index contributed by atoms with van der Waals surface area (Å²) in [5, 5.41) is 20.8. The van der Waals surface area contributed by atoms with E-state index in [0.29, 0.717) is 45.8 Å². The van der Waals surface area contributed by atoms with Crippen molar-refractivity contribution in [2.75, 3.05) is 46.2 Å². The number of carbonyl (C=O) groups excluding carboxylic acids is 3. The van der Waals surface area contributed by atoms with Crippen LogP contribution in [0.25, 0.3) is 0 Å². The molecule has 0 aliphatic rings. The molecule has 0 bridgehead atoms. The van der Waals surface area contributed by atoms with Crippen molar-refractivity contribution in [2.24, 2.45) is 5.92 Å². The van der Waals surface area contributed by atoms with E-state index in [9.17, 15) is 29.1 Å². The SMILES string of the molecule is CC(=O)CC[C@H](CC(=O)COCCCCCCOCCCCOCCCNC(=O)CCCCCCCCCCCCCCC(=O)O)C(=O)O. The van der Waals surface area contributed by atoms with Crippen LogP contribution in [0.1, 0.15) is 161 Å². The highest BCUT2D eigenvalue weighted by molar-refractivity contribution is 5.85. The number of nitrogens with one attached hydrogen (secondary N) is 1. The number of rotatable bonds is 39. The first-order chi connectivity index (χ1) is 23.7. The van der Waals surface area contributed by atoms with Crippen molar-refractivity contribution in [2.45, 2.75) is 161 Å². The zero-order valence-electron chi connectivity index (χ0n) is 30.7. The zero-order chi connectivity index (χ0) is 36.2. The highest BCUT2D eigenvalue weighted by atomic mass is 16.5. The van der Waals surface area contributed by atoms with E-state index in [0.717, 1.165) is 83.7 Å². The van der Waals surface area contributed by atoms with Crippen LogP contribution in [0.3, 0.4) is 0 Å². The van der Waals surface area contributed by atoms with Crippen molar-refractivity contribution in [1.29, 1.82) is 0 Å². The van der Waals surface area contributed by atoms with Gasteiger partial charge in [0.15, 0.2) is 5.78 Å². The highest BCUT2D eigenvalue weighted by Gasteiger charge is 2.21. The van der Waals surface area contributed by atoms with Crippen molar-refractivity contribution in [3.63, 3.8) is 0 Å². The highest BCUT2D eigenvalue weighted by Crippen LogP contribution is 2.14. The second-order valence-electron chi connectivity index (χ2n) is 13.3. The van der Waals surface area contributed by atoms with Gasteiger partial charge in [-0.3, -0.25) is 19.2 Å². The molecule has 0 aromatic carbocycles. The summed E-state index contributed by atoms with van der Waals surface area (Å²) in [7, 11) is 0. The number of ether oxygens (including phenoxy) is 3. The van der Waals surface area contributed by atoms with E-state index in [-0.39, 0.29) is 43.3 Å². The van der Waals surface area contributed by atoms with Crippen molar-refractivity contribution in [3.8, 4) is 0 Å². The van der Waals surface area contributed by atoms with Crippen LogP contribution < -0.4 is 5.32 Å². The summed E-state index contributed by atoms with van der Waals surface area (Å²) in [6.07, 6.45) is 21.4. The Kier molecular flexibility index (Phi) is 33.7. The van der Waals surface area contributed by atoms with Crippen LogP contribution in [0.4, 0.5) is 0 Å². The molecule has 1 amide bonds. The van der Waals surface area contributed by atoms with Crippen LogP contribution in [0, 0.1) is 5.92 Å². The summed E-state index contributed by atoms with van der Waals surface area (Å²) in [4.78, 5) is 56.8. The van der Waals surface area contributed by atoms with Crippen LogP contribution in [-0.2, 0) is 38.2 Å². The van der Waals surface area contributed by atoms with Crippen LogP contribution in [0.15, 0.2) is 0 Å². The number of unbranched alkanes of at least 4 members (excludes halogenated alkanes) is 15. The lowest BCUT2D eigenvalue weighted by Crippen LogP contribution is -2.24. The topological polar surface area (TPSA) is 166 Å². The summed E-state index contributed by atoms with van der Waals surface area (Å²) in [5.41, 5.74) is 0. The van der Waals surface area contributed by atoms with Crippen LogP contribution in [0.2, 0.25) is 0 Å². The van der Waals surface area contributed by atoms with Gasteiger partial charge >= 0.3 is 11.9 Å². The van der Waals surface area contributed by atoms with Gasteiger partial charge in [0, 0.05) is 65.3 Å². The molecular weight excluding hydrogens is 630 g/mol. The first-order valence-corrected chi connectivity index (χ1v) is 19.2. The maximum atomic E-state index is 12.0. The van der Waals surface area contributed by atoms with Crippen LogP contribution >= 0.6 is 0 Å². The van der Waals surface area contributed by atoms with E-state index in [1.54, 1.807) is 0 Å². The van der Waals surface area contributed by atoms with E-state index in [4.69, 9.17) is 19.3 Å². The number of carboxylic acid groups (broad SMARTS) is 2. The Morgan fingerprint density at radius 2 is 0.959 bits per heavy atom. The molecule has 3 N–H and O–H groups in total. The molecule has 0 radical (unpaired) electrons. The van der Waals surface area contributed by atoms with Crippen molar-refractivity contribution in [1.82, 2.24) is 5.32 Å². The van der Waals surface area contributed by atoms with E-state index in [1.807, 2.05) is 0 Å². The predicted octanol–water partition coefficient (Wildman–Crippen LogP) is 7.46. The Balaban J connectivity index is 3.32. The van der Waals surface area contributed by atoms with Gasteiger partial charge in [-0.15, -0.1) is 0 Å². The van der Waals surface area contributed by atoms with Gasteiger partial charge in [0.2, 0.25) is 5.91 Å². The maximum Gasteiger partial charge on any atom is 0.306 e. The fourth-order valence-electron chi connectivity index (χ4n) is 5.40. The van der Waals surface area contributed by atoms with Gasteiger partial charge in [-0.25, -0.2) is 0 Å². The minimum absolute atomic E-state index is 0.0791. The van der Waals surface area contributed by atoms with Gasteiger partial charge in [-0.05, 0) is 58.3 Å². The number of hydrogen-bond donors (Lipinski definition) is 3.